The molecule has 22 heavy (non-hydrogen) atoms. The summed E-state index contributed by atoms with van der Waals surface area (Å²) >= 11 is 3.36. The van der Waals surface area contributed by atoms with Crippen molar-refractivity contribution >= 4 is 40.8 Å². The van der Waals surface area contributed by atoms with Crippen LogP contribution in [0.4, 0.5) is 0 Å². The molecule has 1 aromatic heterocycles. The molecular formula is C16H18O4S2. The molecule has 1 aromatic rings. The summed E-state index contributed by atoms with van der Waals surface area (Å²) in [4.78, 5) is 23.5. The Balaban J connectivity index is 2.16. The van der Waals surface area contributed by atoms with E-state index in [2.05, 4.69) is 6.58 Å². The van der Waals surface area contributed by atoms with Crippen molar-refractivity contribution in [3.05, 3.63) is 40.0 Å². The maximum Gasteiger partial charge on any atom is 0.333 e. The third-order valence-electron chi connectivity index (χ3n) is 2.97. The van der Waals surface area contributed by atoms with Crippen LogP contribution in [0.25, 0.3) is 5.57 Å². The Morgan fingerprint density at radius 2 is 2.00 bits per heavy atom. The van der Waals surface area contributed by atoms with Crippen LogP contribution in [0.3, 0.4) is 0 Å². The average Bonchev–Trinajstić information content (AvgIpc) is 3.11. The van der Waals surface area contributed by atoms with Crippen molar-refractivity contribution in [2.24, 2.45) is 0 Å². The standard InChI is InChI=1S/C16H18O4S2/c1-4-19-15(18)10(2)9-12-5-6-13(20-12)14(11(3)17)16-21-7-8-22-16/h5-6H,2,4,7-9H2,1,3H3. The minimum absolute atomic E-state index is 0.0120. The number of carbonyl (C=O) groups is 2. The Morgan fingerprint density at radius 3 is 2.59 bits per heavy atom. The molecule has 0 N–H and O–H groups in total. The molecule has 0 spiro atoms. The van der Waals surface area contributed by atoms with Gasteiger partial charge in [-0.1, -0.05) is 6.58 Å². The van der Waals surface area contributed by atoms with Crippen molar-refractivity contribution in [3.63, 3.8) is 0 Å². The van der Waals surface area contributed by atoms with Gasteiger partial charge in [-0.25, -0.2) is 4.79 Å². The molecule has 0 bridgehead atoms. The van der Waals surface area contributed by atoms with Crippen LogP contribution in [0.2, 0.25) is 0 Å². The Hall–Kier alpha value is -1.40. The Bertz CT molecular complexity index is 620. The molecule has 4 nitrogen and oxygen atoms in total. The van der Waals surface area contributed by atoms with Gasteiger partial charge in [0.25, 0.3) is 0 Å². The van der Waals surface area contributed by atoms with E-state index in [0.29, 0.717) is 29.3 Å². The van der Waals surface area contributed by atoms with Crippen molar-refractivity contribution < 1.29 is 18.7 Å². The van der Waals surface area contributed by atoms with E-state index in [1.807, 2.05) is 0 Å². The van der Waals surface area contributed by atoms with Crippen LogP contribution >= 0.6 is 23.5 Å². The summed E-state index contributed by atoms with van der Waals surface area (Å²) in [6.45, 7) is 7.32. The lowest BCUT2D eigenvalue weighted by atomic mass is 10.1. The number of carbonyl (C=O) groups excluding carboxylic acids is 2. The number of allylic oxidation sites excluding steroid dienone is 1. The van der Waals surface area contributed by atoms with Crippen LogP contribution in [0.15, 0.2) is 32.9 Å². The first kappa shape index (κ1) is 17.0. The minimum atomic E-state index is -0.424. The van der Waals surface area contributed by atoms with Gasteiger partial charge in [-0.2, -0.15) is 0 Å². The fourth-order valence-corrected chi connectivity index (χ4v) is 4.64. The molecule has 1 aliphatic rings. The van der Waals surface area contributed by atoms with Crippen LogP contribution in [-0.2, 0) is 20.7 Å². The monoisotopic (exact) mass is 338 g/mol. The number of ketones is 1. The summed E-state index contributed by atoms with van der Waals surface area (Å²) in [5, 5.41) is 0. The molecule has 0 unspecified atom stereocenters. The third kappa shape index (κ3) is 4.08. The highest BCUT2D eigenvalue weighted by Gasteiger charge is 2.22. The predicted octanol–water partition coefficient (Wildman–Crippen LogP) is 3.68. The van der Waals surface area contributed by atoms with Gasteiger partial charge in [0.1, 0.15) is 11.5 Å². The van der Waals surface area contributed by atoms with Gasteiger partial charge in [0, 0.05) is 23.5 Å². The molecule has 2 heterocycles. The number of ether oxygens (including phenoxy) is 1. The van der Waals surface area contributed by atoms with E-state index in [1.165, 1.54) is 0 Å². The molecule has 1 aliphatic heterocycles. The van der Waals surface area contributed by atoms with Gasteiger partial charge in [0.15, 0.2) is 5.78 Å². The molecule has 1 saturated heterocycles. The van der Waals surface area contributed by atoms with Gasteiger partial charge in [-0.3, -0.25) is 4.79 Å². The van der Waals surface area contributed by atoms with E-state index in [4.69, 9.17) is 9.15 Å². The van der Waals surface area contributed by atoms with Crippen LogP contribution in [-0.4, -0.2) is 29.9 Å². The van der Waals surface area contributed by atoms with Gasteiger partial charge < -0.3 is 9.15 Å². The molecule has 0 radical (unpaired) electrons. The smallest absolute Gasteiger partial charge is 0.333 e. The van der Waals surface area contributed by atoms with Crippen LogP contribution in [0, 0.1) is 0 Å². The third-order valence-corrected chi connectivity index (χ3v) is 5.68. The molecule has 1 fully saturated rings. The SMILES string of the molecule is C=C(Cc1ccc(C(C(C)=O)=C2SCCS2)o1)C(=O)OCC. The average molecular weight is 338 g/mol. The number of thioether (sulfide) groups is 2. The van der Waals surface area contributed by atoms with Crippen LogP contribution in [0.5, 0.6) is 0 Å². The highest BCUT2D eigenvalue weighted by Crippen LogP contribution is 2.42. The van der Waals surface area contributed by atoms with Gasteiger partial charge >= 0.3 is 5.97 Å². The normalized spacial score (nSPS) is 14.0. The number of hydrogen-bond acceptors (Lipinski definition) is 6. The number of furan rings is 1. The molecule has 0 amide bonds. The lowest BCUT2D eigenvalue weighted by molar-refractivity contribution is -0.138. The Kier molecular flexibility index (Phi) is 5.97. The maximum absolute atomic E-state index is 11.9. The van der Waals surface area contributed by atoms with E-state index >= 15 is 0 Å². The summed E-state index contributed by atoms with van der Waals surface area (Å²) in [5.74, 6) is 2.72. The summed E-state index contributed by atoms with van der Waals surface area (Å²) in [5.41, 5.74) is 0.963. The van der Waals surface area contributed by atoms with E-state index in [-0.39, 0.29) is 12.2 Å². The molecule has 0 aliphatic carbocycles. The lowest BCUT2D eigenvalue weighted by Gasteiger charge is -2.05. The topological polar surface area (TPSA) is 56.5 Å². The van der Waals surface area contributed by atoms with Crippen LogP contribution < -0.4 is 0 Å². The molecular weight excluding hydrogens is 320 g/mol. The van der Waals surface area contributed by atoms with E-state index in [0.717, 1.165) is 15.7 Å². The van der Waals surface area contributed by atoms with Crippen molar-refractivity contribution in [2.75, 3.05) is 18.1 Å². The fraction of sp³-hybridized carbons (Fsp3) is 0.375. The first-order valence-electron chi connectivity index (χ1n) is 6.97. The van der Waals surface area contributed by atoms with E-state index in [9.17, 15) is 9.59 Å². The summed E-state index contributed by atoms with van der Waals surface area (Å²) in [6.07, 6.45) is 0.277. The first-order valence-corrected chi connectivity index (χ1v) is 8.94. The lowest BCUT2D eigenvalue weighted by Crippen LogP contribution is -2.08. The summed E-state index contributed by atoms with van der Waals surface area (Å²) in [7, 11) is 0. The second kappa shape index (κ2) is 7.74. The summed E-state index contributed by atoms with van der Waals surface area (Å²) in [6, 6.07) is 3.55. The maximum atomic E-state index is 11.9. The second-order valence-electron chi connectivity index (χ2n) is 4.68. The number of esters is 1. The van der Waals surface area contributed by atoms with Crippen LogP contribution in [0.1, 0.15) is 25.4 Å². The number of hydrogen-bond donors (Lipinski definition) is 0. The molecule has 2 rings (SSSR count). The van der Waals surface area contributed by atoms with E-state index < -0.39 is 5.97 Å². The minimum Gasteiger partial charge on any atom is -0.463 e. The zero-order valence-electron chi connectivity index (χ0n) is 12.6. The highest BCUT2D eigenvalue weighted by atomic mass is 32.2. The quantitative estimate of drug-likeness (QED) is 0.582. The number of Topliss-reactive ketones (excluding diaryl/α,β-unsaturated/α-hetero) is 1. The predicted molar refractivity (Wildman–Crippen MR) is 90.7 cm³/mol. The van der Waals surface area contributed by atoms with Gasteiger partial charge in [-0.15, -0.1) is 23.5 Å². The van der Waals surface area contributed by atoms with Gasteiger partial charge in [-0.05, 0) is 26.0 Å². The Labute approximate surface area is 138 Å². The molecule has 0 atom stereocenters. The molecule has 6 heteroatoms. The second-order valence-corrected chi connectivity index (χ2v) is 7.15. The molecule has 0 aromatic carbocycles. The van der Waals surface area contributed by atoms with Crippen molar-refractivity contribution in [1.82, 2.24) is 0 Å². The van der Waals surface area contributed by atoms with Crippen molar-refractivity contribution in [3.8, 4) is 0 Å². The van der Waals surface area contributed by atoms with E-state index in [1.54, 1.807) is 49.5 Å². The van der Waals surface area contributed by atoms with Gasteiger partial charge in [0.2, 0.25) is 0 Å². The zero-order chi connectivity index (χ0) is 16.1. The molecule has 118 valence electrons. The highest BCUT2D eigenvalue weighted by molar-refractivity contribution is 8.25. The van der Waals surface area contributed by atoms with Crippen molar-refractivity contribution in [1.29, 1.82) is 0 Å². The first-order chi connectivity index (χ1) is 10.5. The zero-order valence-corrected chi connectivity index (χ0v) is 14.3. The van der Waals surface area contributed by atoms with Gasteiger partial charge in [0.05, 0.1) is 16.4 Å². The molecule has 0 saturated carbocycles. The Morgan fingerprint density at radius 1 is 1.32 bits per heavy atom. The largest absolute Gasteiger partial charge is 0.463 e. The summed E-state index contributed by atoms with van der Waals surface area (Å²) < 4.78 is 11.7. The number of rotatable bonds is 6. The fourth-order valence-electron chi connectivity index (χ4n) is 2.00. The van der Waals surface area contributed by atoms with Crippen molar-refractivity contribution in [2.45, 2.75) is 20.3 Å².